The van der Waals surface area contributed by atoms with E-state index in [1.165, 1.54) is 0 Å². The zero-order valence-electron chi connectivity index (χ0n) is 14.6. The molecule has 4 rings (SSSR count). The van der Waals surface area contributed by atoms with E-state index < -0.39 is 29.7 Å². The molecule has 2 saturated heterocycles. The third-order valence-corrected chi connectivity index (χ3v) is 5.44. The molecule has 8 heteroatoms. The van der Waals surface area contributed by atoms with Crippen LogP contribution in [0.3, 0.4) is 0 Å². The van der Waals surface area contributed by atoms with Crippen LogP contribution in [0.5, 0.6) is 0 Å². The van der Waals surface area contributed by atoms with Crippen LogP contribution >= 0.6 is 0 Å². The quantitative estimate of drug-likeness (QED) is 0.615. The third-order valence-electron chi connectivity index (χ3n) is 5.44. The third kappa shape index (κ3) is 2.90. The SMILES string of the molecule is O=C[C@H]1CCCN(c2ccc3c(c2)C(=O)N(C2CCC(=O)NC2=O)C3=O)C1. The number of hydrogen-bond acceptors (Lipinski definition) is 6. The Kier molecular flexibility index (Phi) is 4.25. The number of anilines is 1. The van der Waals surface area contributed by atoms with Crippen molar-refractivity contribution in [3.05, 3.63) is 29.3 Å². The topological polar surface area (TPSA) is 104 Å². The van der Waals surface area contributed by atoms with E-state index in [-0.39, 0.29) is 29.9 Å². The summed E-state index contributed by atoms with van der Waals surface area (Å²) in [6.07, 6.45) is 2.92. The van der Waals surface area contributed by atoms with Crippen molar-refractivity contribution in [2.24, 2.45) is 5.92 Å². The van der Waals surface area contributed by atoms with Crippen LogP contribution in [-0.2, 0) is 14.4 Å². The van der Waals surface area contributed by atoms with Crippen molar-refractivity contribution in [3.8, 4) is 0 Å². The summed E-state index contributed by atoms with van der Waals surface area (Å²) in [5.41, 5.74) is 1.30. The number of fused-ring (bicyclic) bond motifs is 1. The molecular formula is C19H19N3O5. The lowest BCUT2D eigenvalue weighted by atomic mass is 9.98. The Labute approximate surface area is 155 Å². The first kappa shape index (κ1) is 17.4. The predicted molar refractivity (Wildman–Crippen MR) is 94.1 cm³/mol. The monoisotopic (exact) mass is 369 g/mol. The van der Waals surface area contributed by atoms with Gasteiger partial charge in [-0.2, -0.15) is 0 Å². The number of imide groups is 2. The van der Waals surface area contributed by atoms with E-state index in [0.29, 0.717) is 6.54 Å². The molecule has 0 radical (unpaired) electrons. The number of piperidine rings is 2. The first-order valence-corrected chi connectivity index (χ1v) is 9.05. The van der Waals surface area contributed by atoms with Crippen molar-refractivity contribution < 1.29 is 24.0 Å². The van der Waals surface area contributed by atoms with Crippen LogP contribution in [0.2, 0.25) is 0 Å². The smallest absolute Gasteiger partial charge is 0.262 e. The second kappa shape index (κ2) is 6.61. The van der Waals surface area contributed by atoms with Crippen LogP contribution in [0, 0.1) is 5.92 Å². The molecule has 0 saturated carbocycles. The normalized spacial score (nSPS) is 25.5. The maximum atomic E-state index is 12.9. The molecule has 3 aliphatic heterocycles. The van der Waals surface area contributed by atoms with Gasteiger partial charge in [0, 0.05) is 31.1 Å². The van der Waals surface area contributed by atoms with E-state index in [4.69, 9.17) is 0 Å². The highest BCUT2D eigenvalue weighted by molar-refractivity contribution is 6.23. The van der Waals surface area contributed by atoms with Gasteiger partial charge in [-0.05, 0) is 37.5 Å². The van der Waals surface area contributed by atoms with Gasteiger partial charge in [-0.25, -0.2) is 0 Å². The molecule has 3 aliphatic rings. The number of nitrogens with one attached hydrogen (secondary N) is 1. The Morgan fingerprint density at radius 1 is 1.04 bits per heavy atom. The molecule has 2 fully saturated rings. The number of nitrogens with zero attached hydrogens (tertiary/aromatic N) is 2. The Balaban J connectivity index is 1.61. The second-order valence-corrected chi connectivity index (χ2v) is 7.16. The van der Waals surface area contributed by atoms with Gasteiger partial charge in [0.05, 0.1) is 11.1 Å². The summed E-state index contributed by atoms with van der Waals surface area (Å²) in [7, 11) is 0. The molecule has 140 valence electrons. The molecule has 1 aromatic rings. The summed E-state index contributed by atoms with van der Waals surface area (Å²) in [6, 6.07) is 4.06. The number of rotatable bonds is 3. The van der Waals surface area contributed by atoms with Gasteiger partial charge in [-0.1, -0.05) is 0 Å². The highest BCUT2D eigenvalue weighted by atomic mass is 16.2. The fourth-order valence-corrected chi connectivity index (χ4v) is 4.01. The largest absolute Gasteiger partial charge is 0.371 e. The van der Waals surface area contributed by atoms with E-state index >= 15 is 0 Å². The Morgan fingerprint density at radius 2 is 1.81 bits per heavy atom. The Bertz CT molecular complexity index is 865. The predicted octanol–water partition coefficient (Wildman–Crippen LogP) is 0.503. The van der Waals surface area contributed by atoms with Gasteiger partial charge in [-0.15, -0.1) is 0 Å². The van der Waals surface area contributed by atoms with E-state index in [9.17, 15) is 24.0 Å². The van der Waals surface area contributed by atoms with Crippen LogP contribution in [0.4, 0.5) is 5.69 Å². The van der Waals surface area contributed by atoms with Crippen LogP contribution in [-0.4, -0.2) is 53.9 Å². The lowest BCUT2D eigenvalue weighted by molar-refractivity contribution is -0.136. The summed E-state index contributed by atoms with van der Waals surface area (Å²) >= 11 is 0. The zero-order valence-corrected chi connectivity index (χ0v) is 14.6. The number of carbonyl (C=O) groups excluding carboxylic acids is 5. The summed E-state index contributed by atoms with van der Waals surface area (Å²) < 4.78 is 0. The lowest BCUT2D eigenvalue weighted by Crippen LogP contribution is -2.54. The molecule has 4 amide bonds. The van der Waals surface area contributed by atoms with Gasteiger partial charge >= 0.3 is 0 Å². The Morgan fingerprint density at radius 3 is 2.56 bits per heavy atom. The highest BCUT2D eigenvalue weighted by Gasteiger charge is 2.44. The number of benzene rings is 1. The van der Waals surface area contributed by atoms with Crippen LogP contribution in [0.15, 0.2) is 18.2 Å². The molecule has 1 N–H and O–H groups in total. The summed E-state index contributed by atoms with van der Waals surface area (Å²) in [6.45, 7) is 1.36. The fraction of sp³-hybridized carbons (Fsp3) is 0.421. The second-order valence-electron chi connectivity index (χ2n) is 7.16. The fourth-order valence-electron chi connectivity index (χ4n) is 4.01. The van der Waals surface area contributed by atoms with E-state index in [1.807, 2.05) is 4.90 Å². The first-order chi connectivity index (χ1) is 13.0. The minimum atomic E-state index is -0.965. The number of aldehydes is 1. The molecule has 27 heavy (non-hydrogen) atoms. The van der Waals surface area contributed by atoms with Gasteiger partial charge in [0.25, 0.3) is 11.8 Å². The summed E-state index contributed by atoms with van der Waals surface area (Å²) in [5, 5.41) is 2.18. The van der Waals surface area contributed by atoms with Crippen molar-refractivity contribution >= 4 is 35.6 Å². The maximum absolute atomic E-state index is 12.9. The maximum Gasteiger partial charge on any atom is 0.262 e. The molecule has 2 atom stereocenters. The van der Waals surface area contributed by atoms with E-state index in [2.05, 4.69) is 5.32 Å². The van der Waals surface area contributed by atoms with Crippen molar-refractivity contribution in [2.75, 3.05) is 18.0 Å². The average molecular weight is 369 g/mol. The first-order valence-electron chi connectivity index (χ1n) is 9.05. The molecule has 0 aliphatic carbocycles. The molecular weight excluding hydrogens is 350 g/mol. The average Bonchev–Trinajstić information content (AvgIpc) is 2.92. The van der Waals surface area contributed by atoms with Crippen LogP contribution < -0.4 is 10.2 Å². The summed E-state index contributed by atoms with van der Waals surface area (Å²) in [5.74, 6) is -2.09. The van der Waals surface area contributed by atoms with Gasteiger partial charge in [0.2, 0.25) is 11.8 Å². The minimum Gasteiger partial charge on any atom is -0.371 e. The van der Waals surface area contributed by atoms with Crippen LogP contribution in [0.1, 0.15) is 46.4 Å². The van der Waals surface area contributed by atoms with Crippen LogP contribution in [0.25, 0.3) is 0 Å². The molecule has 0 spiro atoms. The van der Waals surface area contributed by atoms with Crippen molar-refractivity contribution in [2.45, 2.75) is 31.7 Å². The molecule has 1 aromatic carbocycles. The van der Waals surface area contributed by atoms with Crippen molar-refractivity contribution in [1.82, 2.24) is 10.2 Å². The molecule has 0 aromatic heterocycles. The number of hydrogen-bond donors (Lipinski definition) is 1. The molecule has 1 unspecified atom stereocenters. The number of carbonyl (C=O) groups is 5. The summed E-state index contributed by atoms with van der Waals surface area (Å²) in [4.78, 5) is 63.1. The van der Waals surface area contributed by atoms with Crippen molar-refractivity contribution in [1.29, 1.82) is 0 Å². The highest BCUT2D eigenvalue weighted by Crippen LogP contribution is 2.31. The van der Waals surface area contributed by atoms with Crippen molar-refractivity contribution in [3.63, 3.8) is 0 Å². The van der Waals surface area contributed by atoms with Gasteiger partial charge in [-0.3, -0.25) is 29.4 Å². The van der Waals surface area contributed by atoms with Gasteiger partial charge in [0.15, 0.2) is 0 Å². The molecule has 0 bridgehead atoms. The lowest BCUT2D eigenvalue weighted by Gasteiger charge is -2.32. The Hall–Kier alpha value is -3.03. The van der Waals surface area contributed by atoms with Gasteiger partial charge in [0.1, 0.15) is 12.3 Å². The minimum absolute atomic E-state index is 0.0377. The van der Waals surface area contributed by atoms with Gasteiger partial charge < -0.3 is 9.69 Å². The number of amides is 4. The molecule has 8 nitrogen and oxygen atoms in total. The van der Waals surface area contributed by atoms with E-state index in [0.717, 1.165) is 36.3 Å². The van der Waals surface area contributed by atoms with E-state index in [1.54, 1.807) is 18.2 Å². The zero-order chi connectivity index (χ0) is 19.1. The molecule has 3 heterocycles. The standard InChI is InChI=1S/C19H19N3O5/c23-10-11-2-1-7-21(9-11)12-3-4-13-14(8-12)19(27)22(18(13)26)15-5-6-16(24)20-17(15)25/h3-4,8,10-11,15H,1-2,5-7,9H2,(H,20,24,25)/t11-,15?/m0/s1.